The number of carbonyl (C=O) groups excluding carboxylic acids is 1. The molecule has 1 N–H and O–H groups in total. The number of hydrogen-bond donors (Lipinski definition) is 1. The molecule has 0 radical (unpaired) electrons. The van der Waals surface area contributed by atoms with Crippen molar-refractivity contribution < 1.29 is 23.5 Å². The summed E-state index contributed by atoms with van der Waals surface area (Å²) in [6.45, 7) is 1.51. The van der Waals surface area contributed by atoms with E-state index in [0.717, 1.165) is 12.1 Å². The summed E-state index contributed by atoms with van der Waals surface area (Å²) in [5.41, 5.74) is -0.393. The molecule has 0 fully saturated rings. The van der Waals surface area contributed by atoms with E-state index in [1.807, 2.05) is 0 Å². The molecule has 0 saturated heterocycles. The van der Waals surface area contributed by atoms with Gasteiger partial charge in [0.1, 0.15) is 17.6 Å². The summed E-state index contributed by atoms with van der Waals surface area (Å²) >= 11 is 0. The van der Waals surface area contributed by atoms with E-state index in [9.17, 15) is 18.4 Å². The summed E-state index contributed by atoms with van der Waals surface area (Å²) in [6, 6.07) is 2.44. The Bertz CT molecular complexity index is 429. The topological polar surface area (TPSA) is 54.4 Å². The Hall–Kier alpha value is -1.78. The molecule has 1 atom stereocenters. The second-order valence-electron chi connectivity index (χ2n) is 3.29. The van der Waals surface area contributed by atoms with E-state index < -0.39 is 34.9 Å². The van der Waals surface area contributed by atoms with Gasteiger partial charge in [-0.2, -0.15) is 0 Å². The van der Waals surface area contributed by atoms with Crippen molar-refractivity contribution in [3.8, 4) is 0 Å². The average Bonchev–Trinajstić information content (AvgIpc) is 2.17. The average molecular weight is 228 g/mol. The van der Waals surface area contributed by atoms with Gasteiger partial charge in [0.05, 0.1) is 5.56 Å². The van der Waals surface area contributed by atoms with Gasteiger partial charge < -0.3 is 5.11 Å². The molecule has 0 bridgehead atoms. The zero-order valence-electron chi connectivity index (χ0n) is 8.54. The first-order valence-electron chi connectivity index (χ1n) is 4.69. The van der Waals surface area contributed by atoms with Gasteiger partial charge in [-0.1, -0.05) is 6.92 Å². The smallest absolute Gasteiger partial charge is 0.314 e. The Labute approximate surface area is 90.7 Å². The number of aliphatic carboxylic acids is 1. The second kappa shape index (κ2) is 4.83. The van der Waals surface area contributed by atoms with Gasteiger partial charge in [0.15, 0.2) is 5.78 Å². The van der Waals surface area contributed by atoms with E-state index in [-0.39, 0.29) is 6.42 Å². The van der Waals surface area contributed by atoms with Gasteiger partial charge in [0.25, 0.3) is 0 Å². The molecule has 0 heterocycles. The van der Waals surface area contributed by atoms with Crippen LogP contribution >= 0.6 is 0 Å². The second-order valence-corrected chi connectivity index (χ2v) is 3.29. The van der Waals surface area contributed by atoms with Crippen LogP contribution in [0.3, 0.4) is 0 Å². The minimum absolute atomic E-state index is 0.0605. The monoisotopic (exact) mass is 228 g/mol. The van der Waals surface area contributed by atoms with E-state index in [4.69, 9.17) is 5.11 Å². The molecule has 0 aliphatic rings. The van der Waals surface area contributed by atoms with Gasteiger partial charge in [-0.3, -0.25) is 9.59 Å². The molecule has 3 nitrogen and oxygen atoms in total. The maximum Gasteiger partial charge on any atom is 0.314 e. The Morgan fingerprint density at radius 1 is 1.38 bits per heavy atom. The van der Waals surface area contributed by atoms with Gasteiger partial charge in [-0.15, -0.1) is 0 Å². The number of rotatable bonds is 4. The number of ketones is 1. The molecule has 1 rings (SSSR count). The maximum absolute atomic E-state index is 13.2. The molecule has 0 amide bonds. The fourth-order valence-electron chi connectivity index (χ4n) is 1.35. The van der Waals surface area contributed by atoms with Gasteiger partial charge in [0, 0.05) is 6.07 Å². The lowest BCUT2D eigenvalue weighted by Gasteiger charge is -2.09. The Morgan fingerprint density at radius 2 is 2.00 bits per heavy atom. The van der Waals surface area contributed by atoms with Crippen LogP contribution in [0.2, 0.25) is 0 Å². The predicted molar refractivity (Wildman–Crippen MR) is 52.1 cm³/mol. The van der Waals surface area contributed by atoms with Crippen molar-refractivity contribution in [2.75, 3.05) is 0 Å². The van der Waals surface area contributed by atoms with E-state index in [2.05, 4.69) is 0 Å². The van der Waals surface area contributed by atoms with Crippen molar-refractivity contribution in [2.24, 2.45) is 5.92 Å². The SMILES string of the molecule is CCC(C(=O)O)C(=O)c1ccc(F)cc1F. The Morgan fingerprint density at radius 3 is 2.44 bits per heavy atom. The molecule has 0 spiro atoms. The lowest BCUT2D eigenvalue weighted by Crippen LogP contribution is -2.24. The normalized spacial score (nSPS) is 12.2. The zero-order valence-corrected chi connectivity index (χ0v) is 8.54. The summed E-state index contributed by atoms with van der Waals surface area (Å²) in [7, 11) is 0. The molecule has 86 valence electrons. The van der Waals surface area contributed by atoms with Crippen LogP contribution in [-0.4, -0.2) is 16.9 Å². The molecule has 1 aromatic carbocycles. The van der Waals surface area contributed by atoms with Crippen LogP contribution in [0.1, 0.15) is 23.7 Å². The Balaban J connectivity index is 3.09. The van der Waals surface area contributed by atoms with Crippen molar-refractivity contribution in [3.63, 3.8) is 0 Å². The first kappa shape index (κ1) is 12.3. The molecule has 16 heavy (non-hydrogen) atoms. The van der Waals surface area contributed by atoms with Crippen LogP contribution in [0.25, 0.3) is 0 Å². The van der Waals surface area contributed by atoms with Crippen molar-refractivity contribution in [2.45, 2.75) is 13.3 Å². The van der Waals surface area contributed by atoms with Crippen LogP contribution < -0.4 is 0 Å². The van der Waals surface area contributed by atoms with Gasteiger partial charge >= 0.3 is 5.97 Å². The van der Waals surface area contributed by atoms with Crippen molar-refractivity contribution in [1.29, 1.82) is 0 Å². The molecular formula is C11H10F2O3. The lowest BCUT2D eigenvalue weighted by atomic mass is 9.95. The fraction of sp³-hybridized carbons (Fsp3) is 0.273. The van der Waals surface area contributed by atoms with Gasteiger partial charge in [-0.25, -0.2) is 8.78 Å². The van der Waals surface area contributed by atoms with Crippen LogP contribution in [-0.2, 0) is 4.79 Å². The van der Waals surface area contributed by atoms with Gasteiger partial charge in [-0.05, 0) is 18.6 Å². The number of halogens is 2. The molecule has 1 aromatic rings. The summed E-state index contributed by atoms with van der Waals surface area (Å²) in [6.07, 6.45) is 0.0605. The third-order valence-electron chi connectivity index (χ3n) is 2.22. The third kappa shape index (κ3) is 2.42. The highest BCUT2D eigenvalue weighted by molar-refractivity contribution is 6.08. The molecule has 0 saturated carbocycles. The minimum atomic E-state index is -1.31. The van der Waals surface area contributed by atoms with Crippen LogP contribution in [0, 0.1) is 17.6 Å². The zero-order chi connectivity index (χ0) is 12.3. The summed E-state index contributed by atoms with van der Waals surface area (Å²) in [4.78, 5) is 22.3. The number of carboxylic acids is 1. The largest absolute Gasteiger partial charge is 0.481 e. The molecule has 5 heteroatoms. The minimum Gasteiger partial charge on any atom is -0.481 e. The number of carboxylic acid groups (broad SMARTS) is 1. The lowest BCUT2D eigenvalue weighted by molar-refractivity contribution is -0.140. The van der Waals surface area contributed by atoms with E-state index in [1.165, 1.54) is 6.92 Å². The predicted octanol–water partition coefficient (Wildman–Crippen LogP) is 2.26. The molecule has 0 aromatic heterocycles. The first-order chi connectivity index (χ1) is 7.47. The quantitative estimate of drug-likeness (QED) is 0.635. The first-order valence-corrected chi connectivity index (χ1v) is 4.69. The summed E-state index contributed by atoms with van der Waals surface area (Å²) in [5, 5.41) is 8.73. The van der Waals surface area contributed by atoms with E-state index in [0.29, 0.717) is 6.07 Å². The number of benzene rings is 1. The van der Waals surface area contributed by atoms with Crippen LogP contribution in [0.15, 0.2) is 18.2 Å². The summed E-state index contributed by atoms with van der Waals surface area (Å²) < 4.78 is 25.8. The maximum atomic E-state index is 13.2. The van der Waals surface area contributed by atoms with Gasteiger partial charge in [0.2, 0.25) is 0 Å². The highest BCUT2D eigenvalue weighted by Gasteiger charge is 2.27. The van der Waals surface area contributed by atoms with E-state index in [1.54, 1.807) is 0 Å². The molecule has 0 aliphatic carbocycles. The van der Waals surface area contributed by atoms with Crippen molar-refractivity contribution >= 4 is 11.8 Å². The van der Waals surface area contributed by atoms with Crippen molar-refractivity contribution in [1.82, 2.24) is 0 Å². The molecule has 1 unspecified atom stereocenters. The van der Waals surface area contributed by atoms with Crippen LogP contribution in [0.4, 0.5) is 8.78 Å². The number of hydrogen-bond acceptors (Lipinski definition) is 2. The fourth-order valence-corrected chi connectivity index (χ4v) is 1.35. The highest BCUT2D eigenvalue weighted by atomic mass is 19.1. The third-order valence-corrected chi connectivity index (χ3v) is 2.22. The van der Waals surface area contributed by atoms with Crippen molar-refractivity contribution in [3.05, 3.63) is 35.4 Å². The summed E-state index contributed by atoms with van der Waals surface area (Å²) in [5.74, 6) is -5.29. The Kier molecular flexibility index (Phi) is 3.71. The number of carbonyl (C=O) groups is 2. The standard InChI is InChI=1S/C11H10F2O3/c1-2-7(11(15)16)10(14)8-4-3-6(12)5-9(8)13/h3-5,7H,2H2,1H3,(H,15,16). The van der Waals surface area contributed by atoms with E-state index >= 15 is 0 Å². The number of Topliss-reactive ketones (excluding diaryl/α,β-unsaturated/α-hetero) is 1. The van der Waals surface area contributed by atoms with Crippen LogP contribution in [0.5, 0.6) is 0 Å². The molecular weight excluding hydrogens is 218 g/mol. The highest BCUT2D eigenvalue weighted by Crippen LogP contribution is 2.16. The molecule has 0 aliphatic heterocycles.